The monoisotopic (exact) mass is 310 g/mol. The fourth-order valence-corrected chi connectivity index (χ4v) is 2.73. The summed E-state index contributed by atoms with van der Waals surface area (Å²) in [5.74, 6) is -0.636. The Balaban J connectivity index is 1.67. The van der Waals surface area contributed by atoms with E-state index in [1.807, 2.05) is 30.3 Å². The Hall–Kier alpha value is -2.66. The minimum absolute atomic E-state index is 0.270. The minimum atomic E-state index is -0.933. The molecule has 2 aromatic carbocycles. The highest BCUT2D eigenvalue weighted by molar-refractivity contribution is 5.97. The normalized spacial score (nSPS) is 14.2. The second-order valence-corrected chi connectivity index (χ2v) is 5.54. The number of aliphatic hydroxyl groups excluding tert-OH is 1. The van der Waals surface area contributed by atoms with E-state index < -0.39 is 12.6 Å². The number of hydrogen-bond acceptors (Lipinski definition) is 3. The van der Waals surface area contributed by atoms with Gasteiger partial charge in [-0.05, 0) is 23.3 Å². The van der Waals surface area contributed by atoms with Crippen LogP contribution in [0.3, 0.4) is 0 Å². The number of amides is 2. The highest BCUT2D eigenvalue weighted by Crippen LogP contribution is 2.22. The number of carbonyl (C=O) groups is 2. The maximum atomic E-state index is 12.6. The molecular formula is C18H18N2O3. The summed E-state index contributed by atoms with van der Waals surface area (Å²) in [5, 5.41) is 12.1. The van der Waals surface area contributed by atoms with Crippen molar-refractivity contribution in [2.24, 2.45) is 0 Å². The van der Waals surface area contributed by atoms with Gasteiger partial charge in [-0.3, -0.25) is 9.59 Å². The number of benzene rings is 2. The van der Waals surface area contributed by atoms with Crippen LogP contribution in [0.1, 0.15) is 21.5 Å². The average Bonchev–Trinajstić information content (AvgIpc) is 3.03. The molecule has 1 heterocycles. The Morgan fingerprint density at radius 1 is 1.00 bits per heavy atom. The third-order valence-corrected chi connectivity index (χ3v) is 3.97. The number of aliphatic hydroxyl groups is 1. The molecule has 23 heavy (non-hydrogen) atoms. The first kappa shape index (κ1) is 15.2. The summed E-state index contributed by atoms with van der Waals surface area (Å²) in [6, 6.07) is 15.6. The number of nitrogens with zero attached hydrogens (tertiary/aromatic N) is 1. The number of hydrogen-bond donors (Lipinski definition) is 2. The summed E-state index contributed by atoms with van der Waals surface area (Å²) in [5.41, 5.74) is 2.67. The van der Waals surface area contributed by atoms with E-state index in [4.69, 9.17) is 0 Å². The van der Waals surface area contributed by atoms with Gasteiger partial charge >= 0.3 is 0 Å². The van der Waals surface area contributed by atoms with Crippen molar-refractivity contribution in [3.05, 3.63) is 71.3 Å². The molecule has 0 aromatic heterocycles. The Morgan fingerprint density at radius 2 is 1.57 bits per heavy atom. The number of nitrogens with one attached hydrogen (secondary N) is 1. The maximum absolute atomic E-state index is 12.6. The molecule has 1 aliphatic rings. The molecule has 5 heteroatoms. The third-order valence-electron chi connectivity index (χ3n) is 3.97. The quantitative estimate of drug-likeness (QED) is 0.895. The van der Waals surface area contributed by atoms with Crippen LogP contribution in [-0.4, -0.2) is 34.5 Å². The van der Waals surface area contributed by atoms with Crippen LogP contribution in [0, 0.1) is 0 Å². The van der Waals surface area contributed by atoms with Crippen LogP contribution >= 0.6 is 0 Å². The van der Waals surface area contributed by atoms with Crippen LogP contribution in [0.15, 0.2) is 54.6 Å². The molecule has 0 saturated carbocycles. The van der Waals surface area contributed by atoms with E-state index in [1.54, 1.807) is 29.2 Å². The molecule has 2 N–H and O–H groups in total. The van der Waals surface area contributed by atoms with Gasteiger partial charge < -0.3 is 15.3 Å². The van der Waals surface area contributed by atoms with E-state index in [2.05, 4.69) is 5.32 Å². The summed E-state index contributed by atoms with van der Waals surface area (Å²) in [6.07, 6.45) is 0. The highest BCUT2D eigenvalue weighted by atomic mass is 16.3. The van der Waals surface area contributed by atoms with Crippen LogP contribution in [0.25, 0.3) is 0 Å². The molecule has 0 spiro atoms. The molecule has 0 fully saturated rings. The standard InChI is InChI=1S/C18H18N2O3/c21-12-16(19-17(22)13-6-2-1-3-7-13)18(23)20-10-14-8-4-5-9-15(14)11-20/h1-9,16,21H,10-12H2,(H,19,22)/t16-/m0/s1. The Bertz CT molecular complexity index is 690. The van der Waals surface area contributed by atoms with Crippen LogP contribution in [-0.2, 0) is 17.9 Å². The van der Waals surface area contributed by atoms with Gasteiger partial charge in [-0.15, -0.1) is 0 Å². The van der Waals surface area contributed by atoms with Gasteiger partial charge in [-0.25, -0.2) is 0 Å². The van der Waals surface area contributed by atoms with E-state index in [9.17, 15) is 14.7 Å². The van der Waals surface area contributed by atoms with Crippen molar-refractivity contribution in [3.8, 4) is 0 Å². The van der Waals surface area contributed by atoms with E-state index in [0.29, 0.717) is 18.7 Å². The van der Waals surface area contributed by atoms with Crippen LogP contribution < -0.4 is 5.32 Å². The summed E-state index contributed by atoms with van der Waals surface area (Å²) in [4.78, 5) is 26.4. The van der Waals surface area contributed by atoms with Gasteiger partial charge in [0.2, 0.25) is 5.91 Å². The minimum Gasteiger partial charge on any atom is -0.394 e. The first-order valence-corrected chi connectivity index (χ1v) is 7.51. The van der Waals surface area contributed by atoms with E-state index in [0.717, 1.165) is 11.1 Å². The zero-order valence-corrected chi connectivity index (χ0v) is 12.6. The smallest absolute Gasteiger partial charge is 0.251 e. The zero-order valence-electron chi connectivity index (χ0n) is 12.6. The number of fused-ring (bicyclic) bond motifs is 1. The van der Waals surface area contributed by atoms with Crippen molar-refractivity contribution in [2.45, 2.75) is 19.1 Å². The van der Waals surface area contributed by atoms with Crippen molar-refractivity contribution in [3.63, 3.8) is 0 Å². The predicted octanol–water partition coefficient (Wildman–Crippen LogP) is 1.32. The second-order valence-electron chi connectivity index (χ2n) is 5.54. The lowest BCUT2D eigenvalue weighted by molar-refractivity contribution is -0.134. The molecule has 5 nitrogen and oxygen atoms in total. The Kier molecular flexibility index (Phi) is 4.39. The molecular weight excluding hydrogens is 292 g/mol. The number of rotatable bonds is 4. The van der Waals surface area contributed by atoms with E-state index >= 15 is 0 Å². The molecule has 0 unspecified atom stereocenters. The largest absolute Gasteiger partial charge is 0.394 e. The van der Waals surface area contributed by atoms with Crippen LogP contribution in [0.2, 0.25) is 0 Å². The van der Waals surface area contributed by atoms with E-state index in [-0.39, 0.29) is 11.8 Å². The lowest BCUT2D eigenvalue weighted by atomic mass is 10.1. The zero-order chi connectivity index (χ0) is 16.2. The summed E-state index contributed by atoms with van der Waals surface area (Å²) < 4.78 is 0. The summed E-state index contributed by atoms with van der Waals surface area (Å²) in [6.45, 7) is 0.587. The number of carbonyl (C=O) groups excluding carboxylic acids is 2. The van der Waals surface area contributed by atoms with Gasteiger partial charge in [0.25, 0.3) is 5.91 Å². The van der Waals surface area contributed by atoms with Crippen molar-refractivity contribution in [1.82, 2.24) is 10.2 Å². The lowest BCUT2D eigenvalue weighted by Crippen LogP contribution is -2.49. The molecule has 0 aliphatic carbocycles. The van der Waals surface area contributed by atoms with Crippen LogP contribution in [0.4, 0.5) is 0 Å². The van der Waals surface area contributed by atoms with Crippen LogP contribution in [0.5, 0.6) is 0 Å². The van der Waals surface area contributed by atoms with Gasteiger partial charge in [0.15, 0.2) is 0 Å². The topological polar surface area (TPSA) is 69.6 Å². The Labute approximate surface area is 134 Å². The van der Waals surface area contributed by atoms with Crippen molar-refractivity contribution < 1.29 is 14.7 Å². The highest BCUT2D eigenvalue weighted by Gasteiger charge is 2.29. The molecule has 0 radical (unpaired) electrons. The Morgan fingerprint density at radius 3 is 2.13 bits per heavy atom. The molecule has 3 rings (SSSR count). The van der Waals surface area contributed by atoms with Gasteiger partial charge in [0.1, 0.15) is 6.04 Å². The fourth-order valence-electron chi connectivity index (χ4n) is 2.73. The third kappa shape index (κ3) is 3.24. The average molecular weight is 310 g/mol. The summed E-state index contributed by atoms with van der Waals surface area (Å²) >= 11 is 0. The van der Waals surface area contributed by atoms with E-state index in [1.165, 1.54) is 0 Å². The first-order chi connectivity index (χ1) is 11.2. The molecule has 0 saturated heterocycles. The van der Waals surface area contributed by atoms with Crippen molar-refractivity contribution >= 4 is 11.8 Å². The van der Waals surface area contributed by atoms with Gasteiger partial charge in [-0.1, -0.05) is 42.5 Å². The maximum Gasteiger partial charge on any atom is 0.251 e. The fraction of sp³-hybridized carbons (Fsp3) is 0.222. The van der Waals surface area contributed by atoms with Gasteiger partial charge in [0, 0.05) is 18.7 Å². The molecule has 0 bridgehead atoms. The van der Waals surface area contributed by atoms with Crippen molar-refractivity contribution in [1.29, 1.82) is 0 Å². The molecule has 1 aliphatic heterocycles. The molecule has 1 atom stereocenters. The van der Waals surface area contributed by atoms with Gasteiger partial charge in [0.05, 0.1) is 6.61 Å². The van der Waals surface area contributed by atoms with Crippen molar-refractivity contribution in [2.75, 3.05) is 6.61 Å². The summed E-state index contributed by atoms with van der Waals surface area (Å²) in [7, 11) is 0. The lowest BCUT2D eigenvalue weighted by Gasteiger charge is -2.22. The molecule has 118 valence electrons. The molecule has 2 amide bonds. The van der Waals surface area contributed by atoms with Gasteiger partial charge in [-0.2, -0.15) is 0 Å². The first-order valence-electron chi connectivity index (χ1n) is 7.51. The predicted molar refractivity (Wildman–Crippen MR) is 85.5 cm³/mol. The molecule has 2 aromatic rings. The SMILES string of the molecule is O=C(N[C@@H](CO)C(=O)N1Cc2ccccc2C1)c1ccccc1. The second kappa shape index (κ2) is 6.62.